The fourth-order valence-corrected chi connectivity index (χ4v) is 1.04. The van der Waals surface area contributed by atoms with E-state index >= 15 is 0 Å². The molecule has 5 nitrogen and oxygen atoms in total. The SMILES string of the molecule is C=COc1ccc(NC(=O)C=CC(=O)[O-])cc1. The summed E-state index contributed by atoms with van der Waals surface area (Å²) in [6.45, 7) is 3.41. The molecule has 0 saturated heterocycles. The van der Waals surface area contributed by atoms with E-state index in [0.29, 0.717) is 17.5 Å². The number of nitrogens with one attached hydrogen (secondary N) is 1. The number of carbonyl (C=O) groups excluding carboxylic acids is 2. The van der Waals surface area contributed by atoms with E-state index < -0.39 is 11.9 Å². The molecule has 1 N–H and O–H groups in total. The van der Waals surface area contributed by atoms with Crippen molar-refractivity contribution >= 4 is 17.6 Å². The van der Waals surface area contributed by atoms with Crippen LogP contribution in [0.3, 0.4) is 0 Å². The molecule has 0 aromatic heterocycles. The van der Waals surface area contributed by atoms with E-state index in [1.165, 1.54) is 6.26 Å². The minimum Gasteiger partial charge on any atom is -0.545 e. The zero-order chi connectivity index (χ0) is 12.7. The van der Waals surface area contributed by atoms with Crippen molar-refractivity contribution in [3.63, 3.8) is 0 Å². The second-order valence-electron chi connectivity index (χ2n) is 2.95. The summed E-state index contributed by atoms with van der Waals surface area (Å²) >= 11 is 0. The van der Waals surface area contributed by atoms with Gasteiger partial charge in [-0.2, -0.15) is 0 Å². The van der Waals surface area contributed by atoms with Crippen LogP contribution < -0.4 is 15.2 Å². The second-order valence-corrected chi connectivity index (χ2v) is 2.95. The van der Waals surface area contributed by atoms with Crippen LogP contribution in [-0.2, 0) is 9.59 Å². The number of hydrogen-bond donors (Lipinski definition) is 1. The number of benzene rings is 1. The molecule has 0 atom stereocenters. The molecule has 0 bridgehead atoms. The first-order valence-corrected chi connectivity index (χ1v) is 4.69. The number of aliphatic carboxylic acids is 1. The molecule has 1 amide bonds. The number of amides is 1. The van der Waals surface area contributed by atoms with Gasteiger partial charge in [0.05, 0.1) is 12.2 Å². The molecular weight excluding hydrogens is 222 g/mol. The first-order valence-electron chi connectivity index (χ1n) is 4.69. The molecule has 1 aromatic rings. The molecule has 1 aromatic carbocycles. The van der Waals surface area contributed by atoms with Crippen LogP contribution in [0.15, 0.2) is 49.3 Å². The van der Waals surface area contributed by atoms with Crippen LogP contribution in [0.25, 0.3) is 0 Å². The molecule has 0 unspecified atom stereocenters. The quantitative estimate of drug-likeness (QED) is 0.590. The number of ether oxygens (including phenoxy) is 1. The lowest BCUT2D eigenvalue weighted by atomic mass is 10.3. The topological polar surface area (TPSA) is 78.5 Å². The largest absolute Gasteiger partial charge is 0.545 e. The van der Waals surface area contributed by atoms with Crippen molar-refractivity contribution in [2.45, 2.75) is 0 Å². The summed E-state index contributed by atoms with van der Waals surface area (Å²) in [4.78, 5) is 21.3. The lowest BCUT2D eigenvalue weighted by Gasteiger charge is -2.03. The summed E-state index contributed by atoms with van der Waals surface area (Å²) in [5, 5.41) is 12.5. The van der Waals surface area contributed by atoms with E-state index in [4.69, 9.17) is 4.74 Å². The third-order valence-electron chi connectivity index (χ3n) is 1.71. The van der Waals surface area contributed by atoms with E-state index in [1.54, 1.807) is 24.3 Å². The minimum absolute atomic E-state index is 0.523. The summed E-state index contributed by atoms with van der Waals surface area (Å²) in [5.74, 6) is -1.38. The molecule has 0 saturated carbocycles. The summed E-state index contributed by atoms with van der Waals surface area (Å²) in [6, 6.07) is 6.51. The molecule has 0 aliphatic heterocycles. The van der Waals surface area contributed by atoms with Crippen LogP contribution in [0.4, 0.5) is 5.69 Å². The predicted molar refractivity (Wildman–Crippen MR) is 60.0 cm³/mol. The molecule has 17 heavy (non-hydrogen) atoms. The summed E-state index contributed by atoms with van der Waals surface area (Å²) in [7, 11) is 0. The molecule has 0 aliphatic carbocycles. The van der Waals surface area contributed by atoms with E-state index in [2.05, 4.69) is 11.9 Å². The van der Waals surface area contributed by atoms with Crippen molar-refractivity contribution in [2.24, 2.45) is 0 Å². The van der Waals surface area contributed by atoms with E-state index in [0.717, 1.165) is 6.08 Å². The maximum atomic E-state index is 11.2. The number of carbonyl (C=O) groups is 2. The normalized spacial score (nSPS) is 9.88. The summed E-state index contributed by atoms with van der Waals surface area (Å²) < 4.78 is 5.00. The summed E-state index contributed by atoms with van der Waals surface area (Å²) in [5.41, 5.74) is 0.523. The molecule has 5 heteroatoms. The van der Waals surface area contributed by atoms with Gasteiger partial charge in [-0.25, -0.2) is 0 Å². The Bertz CT molecular complexity index is 448. The van der Waals surface area contributed by atoms with Gasteiger partial charge in [-0.3, -0.25) is 4.79 Å². The van der Waals surface area contributed by atoms with Gasteiger partial charge in [0.25, 0.3) is 0 Å². The molecule has 0 heterocycles. The van der Waals surface area contributed by atoms with Crippen molar-refractivity contribution in [1.82, 2.24) is 0 Å². The van der Waals surface area contributed by atoms with Crippen LogP contribution in [0.5, 0.6) is 5.75 Å². The Morgan fingerprint density at radius 3 is 2.41 bits per heavy atom. The highest BCUT2D eigenvalue weighted by Gasteiger charge is 1.98. The zero-order valence-corrected chi connectivity index (χ0v) is 8.88. The first-order chi connectivity index (χ1) is 8.11. The van der Waals surface area contributed by atoms with E-state index in [9.17, 15) is 14.7 Å². The highest BCUT2D eigenvalue weighted by atomic mass is 16.5. The van der Waals surface area contributed by atoms with Gasteiger partial charge in [-0.05, 0) is 30.3 Å². The molecular formula is C12H10NO4-. The number of rotatable bonds is 5. The number of anilines is 1. The van der Waals surface area contributed by atoms with Crippen LogP contribution in [-0.4, -0.2) is 11.9 Å². The highest BCUT2D eigenvalue weighted by molar-refractivity contribution is 6.02. The van der Waals surface area contributed by atoms with Crippen LogP contribution >= 0.6 is 0 Å². The molecule has 1 rings (SSSR count). The lowest BCUT2D eigenvalue weighted by molar-refractivity contribution is -0.297. The average Bonchev–Trinajstić information content (AvgIpc) is 2.29. The number of carboxylic acids is 1. The monoisotopic (exact) mass is 232 g/mol. The minimum atomic E-state index is -1.42. The fraction of sp³-hybridized carbons (Fsp3) is 0. The fourth-order valence-electron chi connectivity index (χ4n) is 1.04. The molecule has 88 valence electrons. The molecule has 0 radical (unpaired) electrons. The Labute approximate surface area is 98.0 Å². The molecule has 0 aliphatic rings. The highest BCUT2D eigenvalue weighted by Crippen LogP contribution is 2.15. The van der Waals surface area contributed by atoms with Crippen molar-refractivity contribution in [3.05, 3.63) is 49.3 Å². The Hall–Kier alpha value is -2.56. The smallest absolute Gasteiger partial charge is 0.248 e. The van der Waals surface area contributed by atoms with Crippen molar-refractivity contribution < 1.29 is 19.4 Å². The lowest BCUT2D eigenvalue weighted by Crippen LogP contribution is -2.20. The van der Waals surface area contributed by atoms with Crippen molar-refractivity contribution in [3.8, 4) is 5.75 Å². The predicted octanol–water partition coefficient (Wildman–Crippen LogP) is 0.453. The number of carboxylic acid groups (broad SMARTS) is 1. The van der Waals surface area contributed by atoms with Crippen LogP contribution in [0, 0.1) is 0 Å². The second kappa shape index (κ2) is 6.12. The van der Waals surface area contributed by atoms with Gasteiger partial charge >= 0.3 is 0 Å². The maximum absolute atomic E-state index is 11.2. The first kappa shape index (κ1) is 12.5. The molecule has 0 spiro atoms. The maximum Gasteiger partial charge on any atom is 0.248 e. The van der Waals surface area contributed by atoms with Gasteiger partial charge in [0, 0.05) is 11.8 Å². The molecule has 0 fully saturated rings. The third-order valence-corrected chi connectivity index (χ3v) is 1.71. The van der Waals surface area contributed by atoms with E-state index in [1.807, 2.05) is 0 Å². The van der Waals surface area contributed by atoms with E-state index in [-0.39, 0.29) is 0 Å². The van der Waals surface area contributed by atoms with Crippen LogP contribution in [0.2, 0.25) is 0 Å². The standard InChI is InChI=1S/C12H11NO4/c1-2-17-10-5-3-9(4-6-10)13-11(14)7-8-12(15)16/h2-8H,1H2,(H,13,14)(H,15,16)/p-1. The zero-order valence-electron chi connectivity index (χ0n) is 8.88. The Morgan fingerprint density at radius 1 is 1.24 bits per heavy atom. The van der Waals surface area contributed by atoms with Crippen molar-refractivity contribution in [1.29, 1.82) is 0 Å². The van der Waals surface area contributed by atoms with Crippen LogP contribution in [0.1, 0.15) is 0 Å². The third kappa shape index (κ3) is 4.65. The van der Waals surface area contributed by atoms with Gasteiger partial charge < -0.3 is 20.0 Å². The van der Waals surface area contributed by atoms with Gasteiger partial charge in [0.15, 0.2) is 0 Å². The van der Waals surface area contributed by atoms with Gasteiger partial charge in [0.2, 0.25) is 5.91 Å². The van der Waals surface area contributed by atoms with Gasteiger partial charge in [0.1, 0.15) is 5.75 Å². The van der Waals surface area contributed by atoms with Crippen molar-refractivity contribution in [2.75, 3.05) is 5.32 Å². The Morgan fingerprint density at radius 2 is 1.88 bits per heavy atom. The summed E-state index contributed by atoms with van der Waals surface area (Å²) in [6.07, 6.45) is 2.82. The Balaban J connectivity index is 2.60. The number of hydrogen-bond acceptors (Lipinski definition) is 4. The van der Waals surface area contributed by atoms with Gasteiger partial charge in [-0.1, -0.05) is 6.58 Å². The van der Waals surface area contributed by atoms with Gasteiger partial charge in [-0.15, -0.1) is 0 Å². The Kier molecular flexibility index (Phi) is 4.50. The average molecular weight is 232 g/mol.